The van der Waals surface area contributed by atoms with Gasteiger partial charge in [0.1, 0.15) is 0 Å². The lowest BCUT2D eigenvalue weighted by Crippen LogP contribution is -2.59. The fourth-order valence-corrected chi connectivity index (χ4v) is 4.62. The first-order valence-corrected chi connectivity index (χ1v) is 9.25. The van der Waals surface area contributed by atoms with E-state index in [1.165, 1.54) is 14.1 Å². The Morgan fingerprint density at radius 2 is 1.76 bits per heavy atom. The molecule has 7 nitrogen and oxygen atoms in total. The van der Waals surface area contributed by atoms with Crippen LogP contribution in [-0.4, -0.2) is 73.2 Å². The monoisotopic (exact) mass is 379 g/mol. The Kier molecular flexibility index (Phi) is 4.44. The van der Waals surface area contributed by atoms with Crippen molar-refractivity contribution in [1.29, 1.82) is 0 Å². The molecule has 1 aromatic heterocycles. The Labute approximate surface area is 144 Å². The molecule has 0 radical (unpaired) electrons. The van der Waals surface area contributed by atoms with Gasteiger partial charge < -0.3 is 4.90 Å². The molecular weight excluding hydrogens is 359 g/mol. The van der Waals surface area contributed by atoms with Crippen molar-refractivity contribution in [2.24, 2.45) is 5.41 Å². The maximum absolute atomic E-state index is 14.7. The largest absolute Gasteiger partial charge is 0.340 e. The van der Waals surface area contributed by atoms with Crippen LogP contribution in [0.15, 0.2) is 12.4 Å². The van der Waals surface area contributed by atoms with Gasteiger partial charge in [-0.3, -0.25) is 0 Å². The molecule has 1 atom stereocenters. The smallest absolute Gasteiger partial charge is 0.281 e. The zero-order valence-corrected chi connectivity index (χ0v) is 14.8. The number of hydrogen-bond acceptors (Lipinski definition) is 5. The van der Waals surface area contributed by atoms with E-state index < -0.39 is 33.8 Å². The summed E-state index contributed by atoms with van der Waals surface area (Å²) in [5, 5.41) is 0. The Balaban J connectivity index is 1.86. The molecule has 25 heavy (non-hydrogen) atoms. The number of anilines is 1. The second kappa shape index (κ2) is 6.06. The molecular formula is C14H20F3N5O2S. The summed E-state index contributed by atoms with van der Waals surface area (Å²) < 4.78 is 69.2. The van der Waals surface area contributed by atoms with Gasteiger partial charge in [-0.15, -0.1) is 0 Å². The summed E-state index contributed by atoms with van der Waals surface area (Å²) in [6.45, 7) is -0.303. The van der Waals surface area contributed by atoms with E-state index in [2.05, 4.69) is 9.97 Å². The standard InChI is InChI=1S/C14H20F3N5O2S/c1-20(2)25(23,24)22-6-4-14(16,17)13(10-22)3-5-21(9-13)12-18-7-11(15)8-19-12/h7-8H,3-6,9-10H2,1-2H3. The SMILES string of the molecule is CN(C)S(=O)(=O)N1CCC(F)(F)C2(CCN(c3ncc(F)cn3)C2)C1. The molecule has 0 bridgehead atoms. The van der Waals surface area contributed by atoms with Crippen molar-refractivity contribution in [2.45, 2.75) is 18.8 Å². The first kappa shape index (κ1) is 18.3. The maximum Gasteiger partial charge on any atom is 0.281 e. The van der Waals surface area contributed by atoms with E-state index in [0.29, 0.717) is 0 Å². The van der Waals surface area contributed by atoms with Crippen molar-refractivity contribution in [3.05, 3.63) is 18.2 Å². The van der Waals surface area contributed by atoms with Gasteiger partial charge in [0.15, 0.2) is 5.82 Å². The van der Waals surface area contributed by atoms with E-state index in [-0.39, 0.29) is 38.5 Å². The molecule has 1 spiro atoms. The van der Waals surface area contributed by atoms with E-state index >= 15 is 0 Å². The van der Waals surface area contributed by atoms with Gasteiger partial charge in [0, 0.05) is 46.7 Å². The van der Waals surface area contributed by atoms with Gasteiger partial charge in [-0.2, -0.15) is 17.0 Å². The number of nitrogens with zero attached hydrogens (tertiary/aromatic N) is 5. The second-order valence-electron chi connectivity index (χ2n) is 6.73. The van der Waals surface area contributed by atoms with Gasteiger partial charge >= 0.3 is 0 Å². The lowest BCUT2D eigenvalue weighted by molar-refractivity contribution is -0.145. The number of aromatic nitrogens is 2. The van der Waals surface area contributed by atoms with Crippen LogP contribution >= 0.6 is 0 Å². The average Bonchev–Trinajstić information content (AvgIpc) is 2.96. The van der Waals surface area contributed by atoms with Crippen LogP contribution in [0.3, 0.4) is 0 Å². The van der Waals surface area contributed by atoms with Gasteiger partial charge in [-0.1, -0.05) is 0 Å². The fourth-order valence-electron chi connectivity index (χ4n) is 3.43. The number of halogens is 3. The zero-order chi connectivity index (χ0) is 18.5. The maximum atomic E-state index is 14.7. The highest BCUT2D eigenvalue weighted by atomic mass is 32.2. The summed E-state index contributed by atoms with van der Waals surface area (Å²) in [6, 6.07) is 0. The van der Waals surface area contributed by atoms with Gasteiger partial charge in [0.05, 0.1) is 17.8 Å². The fraction of sp³-hybridized carbons (Fsp3) is 0.714. The van der Waals surface area contributed by atoms with Crippen molar-refractivity contribution in [3.8, 4) is 0 Å². The van der Waals surface area contributed by atoms with Crippen molar-refractivity contribution in [2.75, 3.05) is 45.2 Å². The minimum absolute atomic E-state index is 0.0783. The van der Waals surface area contributed by atoms with Crippen LogP contribution in [0.5, 0.6) is 0 Å². The quantitative estimate of drug-likeness (QED) is 0.783. The van der Waals surface area contributed by atoms with Gasteiger partial charge in [0.2, 0.25) is 5.95 Å². The van der Waals surface area contributed by atoms with Crippen molar-refractivity contribution < 1.29 is 21.6 Å². The lowest BCUT2D eigenvalue weighted by Gasteiger charge is -2.45. The molecule has 0 aliphatic carbocycles. The number of rotatable bonds is 3. The Bertz CT molecular complexity index is 743. The van der Waals surface area contributed by atoms with Gasteiger partial charge in [-0.05, 0) is 6.42 Å². The second-order valence-corrected chi connectivity index (χ2v) is 8.87. The van der Waals surface area contributed by atoms with Crippen LogP contribution in [0.1, 0.15) is 12.8 Å². The topological polar surface area (TPSA) is 69.6 Å². The molecule has 140 valence electrons. The number of alkyl halides is 2. The molecule has 2 saturated heterocycles. The molecule has 2 aliphatic heterocycles. The van der Waals surface area contributed by atoms with Crippen LogP contribution < -0.4 is 4.90 Å². The molecule has 2 aliphatic rings. The minimum Gasteiger partial charge on any atom is -0.340 e. The summed E-state index contributed by atoms with van der Waals surface area (Å²) >= 11 is 0. The van der Waals surface area contributed by atoms with E-state index in [4.69, 9.17) is 0 Å². The molecule has 0 amide bonds. The molecule has 2 fully saturated rings. The van der Waals surface area contributed by atoms with E-state index in [1.54, 1.807) is 4.90 Å². The van der Waals surface area contributed by atoms with Crippen LogP contribution in [0, 0.1) is 11.2 Å². The minimum atomic E-state index is -3.77. The predicted octanol–water partition coefficient (Wildman–Crippen LogP) is 0.960. The molecule has 3 rings (SSSR count). The molecule has 11 heteroatoms. The highest BCUT2D eigenvalue weighted by Crippen LogP contribution is 2.50. The first-order chi connectivity index (χ1) is 11.6. The highest BCUT2D eigenvalue weighted by Gasteiger charge is 2.61. The summed E-state index contributed by atoms with van der Waals surface area (Å²) in [5.74, 6) is -3.44. The third-order valence-corrected chi connectivity index (χ3v) is 6.85. The first-order valence-electron chi connectivity index (χ1n) is 7.85. The van der Waals surface area contributed by atoms with Crippen molar-refractivity contribution in [3.63, 3.8) is 0 Å². The number of piperidine rings is 1. The Morgan fingerprint density at radius 3 is 2.36 bits per heavy atom. The third kappa shape index (κ3) is 3.08. The van der Waals surface area contributed by atoms with Gasteiger partial charge in [0.25, 0.3) is 16.1 Å². The predicted molar refractivity (Wildman–Crippen MR) is 85.0 cm³/mol. The normalized spacial score (nSPS) is 27.4. The van der Waals surface area contributed by atoms with E-state index in [1.807, 2.05) is 0 Å². The van der Waals surface area contributed by atoms with Gasteiger partial charge in [-0.25, -0.2) is 23.1 Å². The molecule has 1 unspecified atom stereocenters. The molecule has 0 saturated carbocycles. The van der Waals surface area contributed by atoms with Crippen LogP contribution in [0.25, 0.3) is 0 Å². The molecule has 0 aromatic carbocycles. The molecule has 3 heterocycles. The van der Waals surface area contributed by atoms with Crippen LogP contribution in [0.2, 0.25) is 0 Å². The highest BCUT2D eigenvalue weighted by molar-refractivity contribution is 7.86. The molecule has 1 aromatic rings. The lowest BCUT2D eigenvalue weighted by atomic mass is 9.76. The molecule has 0 N–H and O–H groups in total. The summed E-state index contributed by atoms with van der Waals surface area (Å²) in [5.41, 5.74) is -1.51. The summed E-state index contributed by atoms with van der Waals surface area (Å²) in [4.78, 5) is 9.23. The van der Waals surface area contributed by atoms with Crippen LogP contribution in [0.4, 0.5) is 19.1 Å². The number of hydrogen-bond donors (Lipinski definition) is 0. The average molecular weight is 379 g/mol. The van der Waals surface area contributed by atoms with Crippen molar-refractivity contribution >= 4 is 16.2 Å². The van der Waals surface area contributed by atoms with Crippen LogP contribution in [-0.2, 0) is 10.2 Å². The summed E-state index contributed by atoms with van der Waals surface area (Å²) in [6.07, 6.45) is 1.54. The van der Waals surface area contributed by atoms with Crippen molar-refractivity contribution in [1.82, 2.24) is 18.6 Å². The van der Waals surface area contributed by atoms with E-state index in [0.717, 1.165) is 21.0 Å². The Morgan fingerprint density at radius 1 is 1.12 bits per heavy atom. The Hall–Kier alpha value is -1.46. The third-order valence-electron chi connectivity index (χ3n) is 4.96. The zero-order valence-electron chi connectivity index (χ0n) is 14.0. The summed E-state index contributed by atoms with van der Waals surface area (Å²) in [7, 11) is -1.01. The van der Waals surface area contributed by atoms with E-state index in [9.17, 15) is 21.6 Å².